The van der Waals surface area contributed by atoms with E-state index in [0.717, 1.165) is 11.1 Å². The van der Waals surface area contributed by atoms with Crippen molar-refractivity contribution in [3.8, 4) is 0 Å². The molecule has 10 heteroatoms. The predicted octanol–water partition coefficient (Wildman–Crippen LogP) is 3.90. The molecule has 1 N–H and O–H groups in total. The summed E-state index contributed by atoms with van der Waals surface area (Å²) in [6.07, 6.45) is -1.07. The number of amides is 1. The number of methoxy groups -OCH3 is 1. The third kappa shape index (κ3) is 8.52. The summed E-state index contributed by atoms with van der Waals surface area (Å²) in [5.41, 5.74) is 0.910. The summed E-state index contributed by atoms with van der Waals surface area (Å²) in [5.74, 6) is -2.32. The van der Waals surface area contributed by atoms with Crippen molar-refractivity contribution in [3.05, 3.63) is 71.8 Å². The van der Waals surface area contributed by atoms with Crippen molar-refractivity contribution in [2.75, 3.05) is 26.4 Å². The second kappa shape index (κ2) is 13.0. The molecule has 1 aliphatic rings. The fourth-order valence-electron chi connectivity index (χ4n) is 3.89. The first-order chi connectivity index (χ1) is 17.6. The lowest BCUT2D eigenvalue weighted by Gasteiger charge is -2.41. The summed E-state index contributed by atoms with van der Waals surface area (Å²) in [4.78, 5) is 37.4. The minimum absolute atomic E-state index is 0.00349. The maximum atomic E-state index is 13.7. The van der Waals surface area contributed by atoms with Crippen molar-refractivity contribution in [2.45, 2.75) is 39.4 Å². The first-order valence-corrected chi connectivity index (χ1v) is 13.9. The lowest BCUT2D eigenvalue weighted by molar-refractivity contribution is -0.149. The molecular formula is C27H34NO8P. The minimum atomic E-state index is -3.86. The van der Waals surface area contributed by atoms with Gasteiger partial charge in [0.05, 0.1) is 32.2 Å². The van der Waals surface area contributed by atoms with Gasteiger partial charge in [0.1, 0.15) is 6.61 Å². The largest absolute Gasteiger partial charge is 0.469 e. The molecule has 1 unspecified atom stereocenters. The summed E-state index contributed by atoms with van der Waals surface area (Å²) in [5, 5.41) is 2.63. The zero-order valence-corrected chi connectivity index (χ0v) is 22.3. The van der Waals surface area contributed by atoms with Crippen LogP contribution < -0.4 is 5.32 Å². The molecule has 3 rings (SSSR count). The number of nitrogens with one attached hydrogen (secondary N) is 1. The molecule has 37 heavy (non-hydrogen) atoms. The van der Waals surface area contributed by atoms with Gasteiger partial charge in [-0.15, -0.1) is 0 Å². The maximum absolute atomic E-state index is 13.7. The molecular weight excluding hydrogens is 497 g/mol. The molecule has 1 aliphatic heterocycles. The number of hydrogen-bond donors (Lipinski definition) is 1. The van der Waals surface area contributed by atoms with Crippen LogP contribution in [0.1, 0.15) is 31.4 Å². The van der Waals surface area contributed by atoms with Crippen LogP contribution in [0.2, 0.25) is 0 Å². The monoisotopic (exact) mass is 531 g/mol. The normalized spacial score (nSPS) is 21.4. The van der Waals surface area contributed by atoms with Crippen LogP contribution in [0.25, 0.3) is 0 Å². The average molecular weight is 532 g/mol. The van der Waals surface area contributed by atoms with E-state index in [1.54, 1.807) is 13.8 Å². The third-order valence-electron chi connectivity index (χ3n) is 6.03. The number of rotatable bonds is 11. The Kier molecular flexibility index (Phi) is 10.0. The molecule has 0 bridgehead atoms. The molecule has 0 aliphatic carbocycles. The molecule has 2 aromatic rings. The van der Waals surface area contributed by atoms with Crippen molar-refractivity contribution in [2.24, 2.45) is 11.3 Å². The topological polar surface area (TPSA) is 117 Å². The summed E-state index contributed by atoms with van der Waals surface area (Å²) < 4.78 is 35.4. The number of carbonyl (C=O) groups is 3. The lowest BCUT2D eigenvalue weighted by Crippen LogP contribution is -2.50. The van der Waals surface area contributed by atoms with E-state index in [1.807, 2.05) is 60.7 Å². The fourth-order valence-corrected chi connectivity index (χ4v) is 6.19. The Morgan fingerprint density at radius 1 is 1.05 bits per heavy atom. The molecule has 0 saturated carbocycles. The molecule has 1 fully saturated rings. The van der Waals surface area contributed by atoms with Gasteiger partial charge in [0, 0.05) is 12.0 Å². The van der Waals surface area contributed by atoms with Crippen LogP contribution in [-0.2, 0) is 50.5 Å². The smallest absolute Gasteiger partial charge is 0.332 e. The van der Waals surface area contributed by atoms with Gasteiger partial charge in [-0.05, 0) is 17.5 Å². The number of benzene rings is 2. The van der Waals surface area contributed by atoms with Crippen molar-refractivity contribution in [1.29, 1.82) is 0 Å². The standard InChI is InChI=1S/C27H34NO8P/c1-27(2)19-35-37(32,36-24(27)25(30)28-15-14-23(29)33-3)18-22(16-20-10-6-4-7-11-20)26(31)34-17-21-12-8-5-9-13-21/h4-13,22,24H,14-19H2,1-3H3,(H,28,30)/t22-,24+,37?/m1/s1. The number of carbonyl (C=O) groups excluding carboxylic acids is 3. The van der Waals surface area contributed by atoms with E-state index in [-0.39, 0.29) is 38.8 Å². The average Bonchev–Trinajstić information content (AvgIpc) is 2.89. The van der Waals surface area contributed by atoms with Crippen LogP contribution >= 0.6 is 7.60 Å². The van der Waals surface area contributed by atoms with Gasteiger partial charge in [-0.25, -0.2) is 0 Å². The molecule has 0 aromatic heterocycles. The lowest BCUT2D eigenvalue weighted by atomic mass is 9.87. The Bertz CT molecular complexity index is 1110. The van der Waals surface area contributed by atoms with Crippen molar-refractivity contribution < 1.29 is 37.5 Å². The van der Waals surface area contributed by atoms with Crippen LogP contribution in [0.15, 0.2) is 60.7 Å². The highest BCUT2D eigenvalue weighted by Gasteiger charge is 2.49. The van der Waals surface area contributed by atoms with Crippen LogP contribution in [0.4, 0.5) is 0 Å². The second-order valence-corrected chi connectivity index (χ2v) is 11.7. The van der Waals surface area contributed by atoms with E-state index >= 15 is 0 Å². The summed E-state index contributed by atoms with van der Waals surface area (Å²) in [7, 11) is -2.59. The first kappa shape index (κ1) is 28.6. The molecule has 2 aromatic carbocycles. The SMILES string of the molecule is COC(=O)CCNC(=O)[C@@H]1OP(=O)(C[C@@H](Cc2ccccc2)C(=O)OCc2ccccc2)OCC1(C)C. The number of ether oxygens (including phenoxy) is 2. The Labute approximate surface area is 217 Å². The van der Waals surface area contributed by atoms with Crippen molar-refractivity contribution in [1.82, 2.24) is 5.32 Å². The number of hydrogen-bond acceptors (Lipinski definition) is 8. The van der Waals surface area contributed by atoms with Gasteiger partial charge < -0.3 is 19.3 Å². The Morgan fingerprint density at radius 2 is 1.68 bits per heavy atom. The number of esters is 2. The van der Waals surface area contributed by atoms with Crippen LogP contribution in [-0.4, -0.2) is 50.4 Å². The fraction of sp³-hybridized carbons (Fsp3) is 0.444. The van der Waals surface area contributed by atoms with Gasteiger partial charge in [0.25, 0.3) is 0 Å². The van der Waals surface area contributed by atoms with Crippen LogP contribution in [0.3, 0.4) is 0 Å². The molecule has 1 saturated heterocycles. The predicted molar refractivity (Wildman–Crippen MR) is 137 cm³/mol. The Morgan fingerprint density at radius 3 is 2.30 bits per heavy atom. The highest BCUT2D eigenvalue weighted by Crippen LogP contribution is 2.57. The van der Waals surface area contributed by atoms with E-state index in [9.17, 15) is 18.9 Å². The highest BCUT2D eigenvalue weighted by atomic mass is 31.2. The molecule has 9 nitrogen and oxygen atoms in total. The van der Waals surface area contributed by atoms with Crippen LogP contribution in [0.5, 0.6) is 0 Å². The summed E-state index contributed by atoms with van der Waals surface area (Å²) in [6.45, 7) is 3.65. The van der Waals surface area contributed by atoms with Crippen LogP contribution in [0, 0.1) is 11.3 Å². The summed E-state index contributed by atoms with van der Waals surface area (Å²) >= 11 is 0. The molecule has 1 heterocycles. The van der Waals surface area contributed by atoms with E-state index in [0.29, 0.717) is 0 Å². The first-order valence-electron chi connectivity index (χ1n) is 12.1. The Hall–Kier alpha value is -3.00. The van der Waals surface area contributed by atoms with Gasteiger partial charge >= 0.3 is 19.5 Å². The van der Waals surface area contributed by atoms with Gasteiger partial charge in [0.2, 0.25) is 5.91 Å². The van der Waals surface area contributed by atoms with Crippen molar-refractivity contribution in [3.63, 3.8) is 0 Å². The molecule has 0 spiro atoms. The minimum Gasteiger partial charge on any atom is -0.469 e. The molecule has 3 atom stereocenters. The highest BCUT2D eigenvalue weighted by molar-refractivity contribution is 7.54. The third-order valence-corrected chi connectivity index (χ3v) is 7.97. The Balaban J connectivity index is 1.72. The van der Waals surface area contributed by atoms with Gasteiger partial charge in [-0.2, -0.15) is 0 Å². The van der Waals surface area contributed by atoms with E-state index < -0.39 is 42.9 Å². The van der Waals surface area contributed by atoms with Crippen molar-refractivity contribution >= 4 is 25.4 Å². The maximum Gasteiger partial charge on any atom is 0.332 e. The molecule has 0 radical (unpaired) electrons. The van der Waals surface area contributed by atoms with E-state index in [2.05, 4.69) is 10.1 Å². The zero-order valence-electron chi connectivity index (χ0n) is 21.4. The van der Waals surface area contributed by atoms with E-state index in [1.165, 1.54) is 7.11 Å². The summed E-state index contributed by atoms with van der Waals surface area (Å²) in [6, 6.07) is 18.6. The molecule has 1 amide bonds. The second-order valence-electron chi connectivity index (χ2n) is 9.64. The van der Waals surface area contributed by atoms with E-state index in [4.69, 9.17) is 13.8 Å². The van der Waals surface area contributed by atoms with Gasteiger partial charge in [0.15, 0.2) is 6.10 Å². The zero-order chi connectivity index (χ0) is 26.9. The quantitative estimate of drug-likeness (QED) is 0.343. The van der Waals surface area contributed by atoms with Gasteiger partial charge in [-0.1, -0.05) is 74.5 Å². The van der Waals surface area contributed by atoms with Gasteiger partial charge in [-0.3, -0.25) is 23.5 Å². The molecule has 200 valence electrons.